The number of thiophene rings is 1. The van der Waals surface area contributed by atoms with Gasteiger partial charge in [-0.05, 0) is 48.6 Å². The number of anilines is 1. The van der Waals surface area contributed by atoms with Crippen molar-refractivity contribution in [1.29, 1.82) is 0 Å². The van der Waals surface area contributed by atoms with E-state index in [9.17, 15) is 22.8 Å². The average Bonchev–Trinajstić information content (AvgIpc) is 3.39. The van der Waals surface area contributed by atoms with Gasteiger partial charge in [0.1, 0.15) is 16.0 Å². The van der Waals surface area contributed by atoms with E-state index in [-0.39, 0.29) is 16.7 Å². The van der Waals surface area contributed by atoms with Gasteiger partial charge >= 0.3 is 5.97 Å². The zero-order valence-electron chi connectivity index (χ0n) is 17.6. The minimum absolute atomic E-state index is 0.174. The first-order valence-corrected chi connectivity index (χ1v) is 12.8. The number of imide groups is 1. The summed E-state index contributed by atoms with van der Waals surface area (Å²) in [6.45, 7) is 1.28. The Labute approximate surface area is 190 Å². The fourth-order valence-electron chi connectivity index (χ4n) is 4.38. The summed E-state index contributed by atoms with van der Waals surface area (Å²) < 4.78 is 33.5. The molecule has 4 rings (SSSR count). The van der Waals surface area contributed by atoms with Gasteiger partial charge < -0.3 is 4.74 Å². The lowest BCUT2D eigenvalue weighted by molar-refractivity contribution is -0.132. The number of esters is 1. The van der Waals surface area contributed by atoms with E-state index in [0.717, 1.165) is 35.5 Å². The molecule has 2 heterocycles. The van der Waals surface area contributed by atoms with Crippen LogP contribution in [0.2, 0.25) is 0 Å². The van der Waals surface area contributed by atoms with Crippen molar-refractivity contribution in [3.05, 3.63) is 41.8 Å². The van der Waals surface area contributed by atoms with Gasteiger partial charge in [-0.2, -0.15) is 4.31 Å². The van der Waals surface area contributed by atoms with Crippen molar-refractivity contribution >= 4 is 44.8 Å². The molecule has 2 aliphatic rings. The van der Waals surface area contributed by atoms with Crippen LogP contribution in [0.5, 0.6) is 5.75 Å². The molecule has 170 valence electrons. The molecule has 0 bridgehead atoms. The van der Waals surface area contributed by atoms with E-state index in [1.807, 2.05) is 0 Å². The van der Waals surface area contributed by atoms with Crippen molar-refractivity contribution in [1.82, 2.24) is 4.31 Å². The molecule has 1 aromatic carbocycles. The molecule has 32 heavy (non-hydrogen) atoms. The highest BCUT2D eigenvalue weighted by atomic mass is 32.2. The molecule has 1 atom stereocenters. The molecule has 2 amide bonds. The summed E-state index contributed by atoms with van der Waals surface area (Å²) in [7, 11) is -3.93. The van der Waals surface area contributed by atoms with Crippen molar-refractivity contribution in [2.75, 3.05) is 4.90 Å². The summed E-state index contributed by atoms with van der Waals surface area (Å²) in [5.41, 5.74) is 0.315. The number of carbonyl (C=O) groups excluding carboxylic acids is 3. The summed E-state index contributed by atoms with van der Waals surface area (Å²) in [4.78, 5) is 38.4. The lowest BCUT2D eigenvalue weighted by atomic mass is 9.94. The Morgan fingerprint density at radius 2 is 1.78 bits per heavy atom. The van der Waals surface area contributed by atoms with Crippen LogP contribution in [0.15, 0.2) is 46.0 Å². The van der Waals surface area contributed by atoms with Gasteiger partial charge in [0.05, 0.1) is 12.1 Å². The third kappa shape index (κ3) is 4.35. The van der Waals surface area contributed by atoms with E-state index < -0.39 is 33.8 Å². The second-order valence-corrected chi connectivity index (χ2v) is 11.0. The molecule has 10 heteroatoms. The molecule has 1 unspecified atom stereocenters. The maximum atomic E-state index is 13.5. The Hall–Kier alpha value is -2.56. The molecule has 1 aliphatic heterocycles. The van der Waals surface area contributed by atoms with Gasteiger partial charge in [-0.25, -0.2) is 13.3 Å². The monoisotopic (exact) mass is 476 g/mol. The first-order chi connectivity index (χ1) is 15.3. The second-order valence-electron chi connectivity index (χ2n) is 7.93. The SMILES string of the molecule is CC(=O)Oc1ccc(N2C(=O)CC(N(C3CCCCC3)S(=O)(=O)c3cccs3)C2=O)cc1. The fourth-order valence-corrected chi connectivity index (χ4v) is 7.30. The molecule has 0 radical (unpaired) electrons. The van der Waals surface area contributed by atoms with Gasteiger partial charge in [0, 0.05) is 13.0 Å². The molecule has 8 nitrogen and oxygen atoms in total. The van der Waals surface area contributed by atoms with Crippen LogP contribution >= 0.6 is 11.3 Å². The highest BCUT2D eigenvalue weighted by Gasteiger charge is 2.49. The van der Waals surface area contributed by atoms with E-state index in [1.165, 1.54) is 41.6 Å². The van der Waals surface area contributed by atoms with Crippen LogP contribution in [-0.2, 0) is 24.4 Å². The fraction of sp³-hybridized carbons (Fsp3) is 0.409. The van der Waals surface area contributed by atoms with Gasteiger partial charge in [-0.3, -0.25) is 14.4 Å². The number of hydrogen-bond acceptors (Lipinski definition) is 7. The number of nitrogens with zero attached hydrogens (tertiary/aromatic N) is 2. The van der Waals surface area contributed by atoms with Gasteiger partial charge in [0.25, 0.3) is 15.9 Å². The number of sulfonamides is 1. The van der Waals surface area contributed by atoms with Crippen LogP contribution in [0.25, 0.3) is 0 Å². The minimum Gasteiger partial charge on any atom is -0.427 e. The molecule has 2 fully saturated rings. The Balaban J connectivity index is 1.66. The number of rotatable bonds is 6. The molecule has 0 spiro atoms. The largest absolute Gasteiger partial charge is 0.427 e. The summed E-state index contributed by atoms with van der Waals surface area (Å²) in [6.07, 6.45) is 3.93. The number of ether oxygens (including phenoxy) is 1. The van der Waals surface area contributed by atoms with E-state index in [1.54, 1.807) is 11.4 Å². The van der Waals surface area contributed by atoms with Gasteiger partial charge in [0.2, 0.25) is 5.91 Å². The van der Waals surface area contributed by atoms with Crippen molar-refractivity contribution in [2.45, 2.75) is 61.7 Å². The lowest BCUT2D eigenvalue weighted by Gasteiger charge is -2.35. The minimum atomic E-state index is -3.93. The molecular weight excluding hydrogens is 452 g/mol. The Kier molecular flexibility index (Phi) is 6.45. The summed E-state index contributed by atoms with van der Waals surface area (Å²) in [5.74, 6) is -1.20. The highest BCUT2D eigenvalue weighted by molar-refractivity contribution is 7.91. The number of benzene rings is 1. The van der Waals surface area contributed by atoms with Crippen LogP contribution < -0.4 is 9.64 Å². The summed E-state index contributed by atoms with van der Waals surface area (Å²) in [5, 5.41) is 1.69. The quantitative estimate of drug-likeness (QED) is 0.360. The van der Waals surface area contributed by atoms with Gasteiger partial charge in [-0.15, -0.1) is 11.3 Å². The molecule has 1 aliphatic carbocycles. The predicted molar refractivity (Wildman–Crippen MR) is 119 cm³/mol. The molecule has 2 aromatic rings. The molecule has 0 N–H and O–H groups in total. The zero-order valence-corrected chi connectivity index (χ0v) is 19.2. The van der Waals surface area contributed by atoms with Crippen LogP contribution in [0, 0.1) is 0 Å². The van der Waals surface area contributed by atoms with Crippen LogP contribution in [0.3, 0.4) is 0 Å². The van der Waals surface area contributed by atoms with Crippen molar-refractivity contribution in [3.63, 3.8) is 0 Å². The summed E-state index contributed by atoms with van der Waals surface area (Å²) >= 11 is 1.11. The normalized spacial score (nSPS) is 20.2. The second kappa shape index (κ2) is 9.13. The zero-order chi connectivity index (χ0) is 22.9. The predicted octanol–water partition coefficient (Wildman–Crippen LogP) is 3.33. The molecule has 1 saturated carbocycles. The van der Waals surface area contributed by atoms with Gasteiger partial charge in [0.15, 0.2) is 0 Å². The van der Waals surface area contributed by atoms with E-state index in [4.69, 9.17) is 4.74 Å². The highest BCUT2D eigenvalue weighted by Crippen LogP contribution is 2.36. The third-order valence-electron chi connectivity index (χ3n) is 5.75. The van der Waals surface area contributed by atoms with Crippen molar-refractivity contribution in [2.24, 2.45) is 0 Å². The number of amides is 2. The third-order valence-corrected chi connectivity index (χ3v) is 9.08. The first kappa shape index (κ1) is 22.6. The smallest absolute Gasteiger partial charge is 0.308 e. The van der Waals surface area contributed by atoms with Gasteiger partial charge in [-0.1, -0.05) is 25.3 Å². The van der Waals surface area contributed by atoms with E-state index in [0.29, 0.717) is 24.3 Å². The topological polar surface area (TPSA) is 101 Å². The average molecular weight is 477 g/mol. The maximum Gasteiger partial charge on any atom is 0.308 e. The van der Waals surface area contributed by atoms with Crippen LogP contribution in [0.4, 0.5) is 5.69 Å². The number of hydrogen-bond donors (Lipinski definition) is 0. The van der Waals surface area contributed by atoms with E-state index >= 15 is 0 Å². The maximum absolute atomic E-state index is 13.5. The molecule has 1 saturated heterocycles. The Morgan fingerprint density at radius 3 is 2.38 bits per heavy atom. The van der Waals surface area contributed by atoms with Crippen LogP contribution in [-0.4, -0.2) is 42.6 Å². The molecule has 1 aromatic heterocycles. The molecular formula is C22H24N2O6S2. The Bertz CT molecular complexity index is 1110. The number of carbonyl (C=O) groups is 3. The van der Waals surface area contributed by atoms with Crippen LogP contribution in [0.1, 0.15) is 45.4 Å². The first-order valence-electron chi connectivity index (χ1n) is 10.5. The lowest BCUT2D eigenvalue weighted by Crippen LogP contribution is -2.51. The standard InChI is InChI=1S/C22H24N2O6S2/c1-15(25)30-18-11-9-16(10-12-18)23-20(26)14-19(22(23)27)24(17-6-3-2-4-7-17)32(28,29)21-8-5-13-31-21/h5,8-13,17,19H,2-4,6-7,14H2,1H3. The summed E-state index contributed by atoms with van der Waals surface area (Å²) in [6, 6.07) is 7.80. The van der Waals surface area contributed by atoms with Crippen molar-refractivity contribution < 1.29 is 27.5 Å². The van der Waals surface area contributed by atoms with Crippen molar-refractivity contribution in [3.8, 4) is 5.75 Å². The van der Waals surface area contributed by atoms with E-state index in [2.05, 4.69) is 0 Å². The Morgan fingerprint density at radius 1 is 1.09 bits per heavy atom.